The van der Waals surface area contributed by atoms with E-state index in [0.29, 0.717) is 35.1 Å². The third-order valence-corrected chi connectivity index (χ3v) is 9.42. The smallest absolute Gasteiger partial charge is 0.159 e. The topological polar surface area (TPSA) is 60.4 Å². The van der Waals surface area contributed by atoms with Crippen molar-refractivity contribution in [3.05, 3.63) is 83.2 Å². The number of hydrogen-bond acceptors (Lipinski definition) is 6. The van der Waals surface area contributed by atoms with Crippen LogP contribution in [0.2, 0.25) is 0 Å². The van der Waals surface area contributed by atoms with Crippen molar-refractivity contribution >= 4 is 5.69 Å². The summed E-state index contributed by atoms with van der Waals surface area (Å²) in [5.74, 6) is 1.38. The number of ether oxygens (including phenoxy) is 4. The number of phenolic OH excluding ortho intramolecular Hbond substituents is 1. The summed E-state index contributed by atoms with van der Waals surface area (Å²) in [6.45, 7) is 2.03. The fourth-order valence-electron chi connectivity index (χ4n) is 7.35. The van der Waals surface area contributed by atoms with Crippen LogP contribution >= 0.6 is 0 Å². The van der Waals surface area contributed by atoms with Gasteiger partial charge in [-0.3, -0.25) is 0 Å². The van der Waals surface area contributed by atoms with Gasteiger partial charge in [0.05, 0.1) is 19.4 Å². The molecule has 2 aliphatic heterocycles. The number of halogens is 1. The highest BCUT2D eigenvalue weighted by Gasteiger charge is 2.49. The lowest BCUT2D eigenvalue weighted by atomic mass is 9.57. The Morgan fingerprint density at radius 2 is 1.68 bits per heavy atom. The highest BCUT2D eigenvalue weighted by atomic mass is 19.1. The number of fused-ring (bicyclic) bond motifs is 1. The summed E-state index contributed by atoms with van der Waals surface area (Å²) >= 11 is 0. The van der Waals surface area contributed by atoms with Gasteiger partial charge in [0.2, 0.25) is 0 Å². The van der Waals surface area contributed by atoms with Gasteiger partial charge in [0.15, 0.2) is 6.29 Å². The first-order valence-corrected chi connectivity index (χ1v) is 14.1. The molecule has 3 aromatic rings. The van der Waals surface area contributed by atoms with Gasteiger partial charge in [-0.2, -0.15) is 0 Å². The summed E-state index contributed by atoms with van der Waals surface area (Å²) in [4.78, 5) is 2.16. The van der Waals surface area contributed by atoms with Crippen LogP contribution in [0.15, 0.2) is 60.7 Å². The van der Waals surface area contributed by atoms with Crippen LogP contribution in [0.1, 0.15) is 54.2 Å². The van der Waals surface area contributed by atoms with Crippen LogP contribution in [0.4, 0.5) is 10.1 Å². The lowest BCUT2D eigenvalue weighted by Crippen LogP contribution is -2.50. The second kappa shape index (κ2) is 10.9. The number of hydrogen-bond donors (Lipinski definition) is 1. The molecule has 2 unspecified atom stereocenters. The van der Waals surface area contributed by atoms with Gasteiger partial charge in [-0.1, -0.05) is 36.4 Å². The molecule has 2 heterocycles. The maximum atomic E-state index is 16.0. The monoisotopic (exact) mass is 547 g/mol. The van der Waals surface area contributed by atoms with Gasteiger partial charge < -0.3 is 29.0 Å². The van der Waals surface area contributed by atoms with E-state index in [-0.39, 0.29) is 29.7 Å². The van der Waals surface area contributed by atoms with Crippen LogP contribution in [0.3, 0.4) is 0 Å². The summed E-state index contributed by atoms with van der Waals surface area (Å²) in [7, 11) is 5.05. The third-order valence-electron chi connectivity index (χ3n) is 9.42. The van der Waals surface area contributed by atoms with E-state index in [0.717, 1.165) is 55.5 Å². The molecule has 1 N–H and O–H groups in total. The molecule has 2 atom stereocenters. The molecule has 6 rings (SSSR count). The van der Waals surface area contributed by atoms with E-state index in [1.165, 1.54) is 0 Å². The van der Waals surface area contributed by atoms with Crippen LogP contribution in [0.25, 0.3) is 0 Å². The van der Waals surface area contributed by atoms with E-state index in [4.69, 9.17) is 18.9 Å². The highest BCUT2D eigenvalue weighted by Crippen LogP contribution is 2.55. The van der Waals surface area contributed by atoms with Crippen LogP contribution < -0.4 is 14.4 Å². The van der Waals surface area contributed by atoms with Crippen molar-refractivity contribution < 1.29 is 28.4 Å². The summed E-state index contributed by atoms with van der Waals surface area (Å²) in [6.07, 6.45) is 4.10. The second-order valence-corrected chi connectivity index (χ2v) is 11.6. The van der Waals surface area contributed by atoms with E-state index in [9.17, 15) is 5.11 Å². The fraction of sp³-hybridized carbons (Fsp3) is 0.455. The molecule has 1 aliphatic carbocycles. The molecule has 1 saturated heterocycles. The summed E-state index contributed by atoms with van der Waals surface area (Å²) in [6, 6.07) is 18.9. The van der Waals surface area contributed by atoms with Crippen LogP contribution in [0.5, 0.6) is 17.2 Å². The maximum absolute atomic E-state index is 16.0. The van der Waals surface area contributed by atoms with Gasteiger partial charge in [0, 0.05) is 68.3 Å². The molecule has 0 radical (unpaired) electrons. The van der Waals surface area contributed by atoms with Crippen LogP contribution in [-0.2, 0) is 9.47 Å². The second-order valence-electron chi connectivity index (χ2n) is 11.6. The first kappa shape index (κ1) is 26.9. The minimum Gasteiger partial charge on any atom is -0.508 e. The Morgan fingerprint density at radius 1 is 0.950 bits per heavy atom. The Hall–Kier alpha value is -3.29. The predicted octanol–water partition coefficient (Wildman–Crippen LogP) is 6.46. The molecular formula is C33H38FNO5. The van der Waals surface area contributed by atoms with Crippen molar-refractivity contribution in [2.45, 2.75) is 43.8 Å². The molecule has 40 heavy (non-hydrogen) atoms. The van der Waals surface area contributed by atoms with Crippen LogP contribution in [-0.4, -0.2) is 52.4 Å². The van der Waals surface area contributed by atoms with Gasteiger partial charge in [0.25, 0.3) is 0 Å². The zero-order chi connectivity index (χ0) is 27.9. The Balaban J connectivity index is 1.29. The van der Waals surface area contributed by atoms with Crippen molar-refractivity contribution in [2.75, 3.05) is 45.9 Å². The first-order valence-electron chi connectivity index (χ1n) is 14.1. The Labute approximate surface area is 235 Å². The molecule has 1 saturated carbocycles. The number of aromatic hydroxyl groups is 1. The number of piperidine rings is 1. The number of methoxy groups -OCH3 is 3. The molecule has 1 spiro atoms. The lowest BCUT2D eigenvalue weighted by Gasteiger charge is -2.54. The summed E-state index contributed by atoms with van der Waals surface area (Å²) < 4.78 is 39.0. The maximum Gasteiger partial charge on any atom is 0.159 e. The number of nitrogens with zero attached hydrogens (tertiary/aromatic N) is 1. The van der Waals surface area contributed by atoms with Crippen molar-refractivity contribution in [3.63, 3.8) is 0 Å². The normalized spacial score (nSPS) is 22.1. The number of benzene rings is 3. The molecule has 0 aromatic heterocycles. The van der Waals surface area contributed by atoms with Gasteiger partial charge in [-0.15, -0.1) is 0 Å². The molecule has 6 nitrogen and oxygen atoms in total. The number of anilines is 1. The van der Waals surface area contributed by atoms with Crippen molar-refractivity contribution in [3.8, 4) is 17.2 Å². The summed E-state index contributed by atoms with van der Waals surface area (Å²) in [5, 5.41) is 10.1. The first-order chi connectivity index (χ1) is 19.4. The van der Waals surface area contributed by atoms with Crippen LogP contribution in [0, 0.1) is 17.2 Å². The number of phenols is 1. The SMILES string of the molecule is COc1cc(N2CCC3(CC2)CC(C(OC)OC)C3)c(F)cc1C1c2ccc(O)cc2OCC1c1ccccc1. The van der Waals surface area contributed by atoms with Crippen molar-refractivity contribution in [1.29, 1.82) is 0 Å². The standard InChI is InChI=1S/C33H38FNO5/c1-37-29-17-28(35-13-11-33(12-14-35)18-22(19-33)32(38-2)39-3)27(34)16-25(29)31-24-10-9-23(36)15-30(24)40-20-26(31)21-7-5-4-6-8-21/h4-10,15-17,22,26,31-32,36H,11-14,18-20H2,1-3H3. The number of rotatable bonds is 7. The van der Waals surface area contributed by atoms with Gasteiger partial charge in [0.1, 0.15) is 23.1 Å². The zero-order valence-corrected chi connectivity index (χ0v) is 23.4. The molecule has 212 valence electrons. The average molecular weight is 548 g/mol. The van der Waals surface area contributed by atoms with E-state index in [1.54, 1.807) is 39.5 Å². The molecule has 3 aliphatic rings. The Kier molecular flexibility index (Phi) is 7.36. The average Bonchev–Trinajstić information content (AvgIpc) is 2.97. The predicted molar refractivity (Wildman–Crippen MR) is 152 cm³/mol. The fourth-order valence-corrected chi connectivity index (χ4v) is 7.35. The third kappa shape index (κ3) is 4.79. The lowest BCUT2D eigenvalue weighted by molar-refractivity contribution is -0.184. The Bertz CT molecular complexity index is 1330. The highest BCUT2D eigenvalue weighted by molar-refractivity contribution is 5.60. The van der Waals surface area contributed by atoms with E-state index in [1.807, 2.05) is 30.3 Å². The van der Waals surface area contributed by atoms with E-state index < -0.39 is 0 Å². The van der Waals surface area contributed by atoms with Gasteiger partial charge in [-0.05, 0) is 48.8 Å². The largest absolute Gasteiger partial charge is 0.508 e. The van der Waals surface area contributed by atoms with E-state index >= 15 is 4.39 Å². The van der Waals surface area contributed by atoms with Gasteiger partial charge >= 0.3 is 0 Å². The van der Waals surface area contributed by atoms with Gasteiger partial charge in [-0.25, -0.2) is 4.39 Å². The molecule has 7 heteroatoms. The minimum atomic E-state index is -0.240. The zero-order valence-electron chi connectivity index (χ0n) is 23.4. The molecular weight excluding hydrogens is 509 g/mol. The Morgan fingerprint density at radius 3 is 2.35 bits per heavy atom. The minimum absolute atomic E-state index is 0.0400. The summed E-state index contributed by atoms with van der Waals surface area (Å²) in [5.41, 5.74) is 3.70. The van der Waals surface area contributed by atoms with Crippen molar-refractivity contribution in [2.24, 2.45) is 11.3 Å². The molecule has 3 aromatic carbocycles. The van der Waals surface area contributed by atoms with E-state index in [2.05, 4.69) is 17.0 Å². The molecule has 0 bridgehead atoms. The molecule has 2 fully saturated rings. The molecule has 0 amide bonds. The quantitative estimate of drug-likeness (QED) is 0.343. The van der Waals surface area contributed by atoms with Crippen molar-refractivity contribution in [1.82, 2.24) is 0 Å².